The number of para-hydroxylation sites is 1. The molecule has 5 heteroatoms. The van der Waals surface area contributed by atoms with Gasteiger partial charge in [0.1, 0.15) is 11.6 Å². The summed E-state index contributed by atoms with van der Waals surface area (Å²) in [5, 5.41) is 9.58. The molecule has 0 spiro atoms. The minimum atomic E-state index is -0.280. The van der Waals surface area contributed by atoms with Crippen molar-refractivity contribution < 1.29 is 14.3 Å². The Bertz CT molecular complexity index is 912. The molecule has 0 radical (unpaired) electrons. The van der Waals surface area contributed by atoms with Crippen molar-refractivity contribution in [2.75, 3.05) is 25.2 Å². The molecule has 0 aliphatic carbocycles. The average molecular weight is 362 g/mol. The second kappa shape index (κ2) is 8.41. The highest BCUT2D eigenvalue weighted by Gasteiger charge is 2.24. The quantitative estimate of drug-likeness (QED) is 0.596. The van der Waals surface area contributed by atoms with Gasteiger partial charge in [0, 0.05) is 12.2 Å². The first-order valence-corrected chi connectivity index (χ1v) is 9.00. The Kier molecular flexibility index (Phi) is 5.77. The van der Waals surface area contributed by atoms with Crippen LogP contribution in [-0.4, -0.2) is 26.2 Å². The first-order chi connectivity index (χ1) is 13.2. The molecule has 0 fully saturated rings. The van der Waals surface area contributed by atoms with Crippen LogP contribution in [0.3, 0.4) is 0 Å². The first-order valence-electron chi connectivity index (χ1n) is 9.00. The summed E-state index contributed by atoms with van der Waals surface area (Å²) < 4.78 is 10.9. The average Bonchev–Trinajstić information content (AvgIpc) is 2.72. The molecule has 0 atom stereocenters. The van der Waals surface area contributed by atoms with Gasteiger partial charge in [0.25, 0.3) is 5.91 Å². The second-order valence-electron chi connectivity index (χ2n) is 6.20. The number of amides is 1. The van der Waals surface area contributed by atoms with E-state index in [2.05, 4.69) is 6.07 Å². The van der Waals surface area contributed by atoms with E-state index in [0.29, 0.717) is 30.2 Å². The molecule has 1 aliphatic rings. The highest BCUT2D eigenvalue weighted by molar-refractivity contribution is 6.11. The second-order valence-corrected chi connectivity index (χ2v) is 6.20. The topological polar surface area (TPSA) is 62.6 Å². The zero-order valence-electron chi connectivity index (χ0n) is 15.6. The van der Waals surface area contributed by atoms with Crippen LogP contribution in [0.2, 0.25) is 0 Å². The van der Waals surface area contributed by atoms with E-state index >= 15 is 0 Å². The van der Waals surface area contributed by atoms with E-state index in [1.54, 1.807) is 30.2 Å². The smallest absolute Gasteiger partial charge is 0.268 e. The molecule has 2 aromatic rings. The fraction of sp³-hybridized carbons (Fsp3) is 0.273. The Morgan fingerprint density at radius 2 is 2.07 bits per heavy atom. The number of rotatable bonds is 5. The number of anilines is 1. The molecule has 1 heterocycles. The molecule has 27 heavy (non-hydrogen) atoms. The van der Waals surface area contributed by atoms with Crippen molar-refractivity contribution in [3.63, 3.8) is 0 Å². The summed E-state index contributed by atoms with van der Waals surface area (Å²) in [7, 11) is 1.56. The van der Waals surface area contributed by atoms with E-state index in [9.17, 15) is 10.1 Å². The molecule has 1 aliphatic heterocycles. The molecule has 2 aromatic carbocycles. The molecule has 1 amide bonds. The van der Waals surface area contributed by atoms with Gasteiger partial charge >= 0.3 is 0 Å². The molecule has 0 bridgehead atoms. The zero-order chi connectivity index (χ0) is 19.2. The molecule has 5 nitrogen and oxygen atoms in total. The van der Waals surface area contributed by atoms with Gasteiger partial charge in [-0.05, 0) is 55.2 Å². The predicted molar refractivity (Wildman–Crippen MR) is 105 cm³/mol. The lowest BCUT2D eigenvalue weighted by molar-refractivity contribution is -0.114. The normalized spacial score (nSPS) is 13.5. The van der Waals surface area contributed by atoms with Crippen molar-refractivity contribution in [2.45, 2.75) is 19.8 Å². The van der Waals surface area contributed by atoms with Gasteiger partial charge in [-0.3, -0.25) is 4.79 Å². The van der Waals surface area contributed by atoms with E-state index in [4.69, 9.17) is 9.47 Å². The fourth-order valence-corrected chi connectivity index (χ4v) is 3.25. The van der Waals surface area contributed by atoms with Gasteiger partial charge in [-0.2, -0.15) is 5.26 Å². The molecule has 0 saturated carbocycles. The third-order valence-electron chi connectivity index (χ3n) is 4.50. The lowest BCUT2D eigenvalue weighted by Gasteiger charge is -2.29. The van der Waals surface area contributed by atoms with Crippen LogP contribution in [0.5, 0.6) is 11.5 Å². The fourth-order valence-electron chi connectivity index (χ4n) is 3.25. The van der Waals surface area contributed by atoms with E-state index in [1.165, 1.54) is 0 Å². The van der Waals surface area contributed by atoms with Gasteiger partial charge in [-0.15, -0.1) is 0 Å². The Labute approximate surface area is 159 Å². The van der Waals surface area contributed by atoms with Crippen LogP contribution in [0.1, 0.15) is 24.5 Å². The lowest BCUT2D eigenvalue weighted by Crippen LogP contribution is -2.36. The number of aryl methyl sites for hydroxylation is 1. The Balaban J connectivity index is 1.91. The van der Waals surface area contributed by atoms with Crippen molar-refractivity contribution in [1.82, 2.24) is 0 Å². The van der Waals surface area contributed by atoms with Gasteiger partial charge in [0.15, 0.2) is 11.5 Å². The number of benzene rings is 2. The van der Waals surface area contributed by atoms with E-state index < -0.39 is 0 Å². The van der Waals surface area contributed by atoms with E-state index in [1.807, 2.05) is 37.3 Å². The molecule has 3 rings (SSSR count). The first kappa shape index (κ1) is 18.5. The standard InChI is InChI=1S/C22H22N2O3/c1-3-27-20-11-10-16(14-21(20)26-2)13-18(15-23)22(25)24-12-6-8-17-7-4-5-9-19(17)24/h4-5,7,9-11,13-14H,3,6,8,12H2,1-2H3/b18-13+. The molecule has 138 valence electrons. The van der Waals surface area contributed by atoms with Crippen LogP contribution in [0.25, 0.3) is 6.08 Å². The van der Waals surface area contributed by atoms with Crippen LogP contribution in [0.4, 0.5) is 5.69 Å². The van der Waals surface area contributed by atoms with Gasteiger partial charge in [0.05, 0.1) is 13.7 Å². The van der Waals surface area contributed by atoms with Gasteiger partial charge in [-0.1, -0.05) is 24.3 Å². The Morgan fingerprint density at radius 3 is 2.81 bits per heavy atom. The van der Waals surface area contributed by atoms with E-state index in [0.717, 1.165) is 24.1 Å². The van der Waals surface area contributed by atoms with Crippen molar-refractivity contribution >= 4 is 17.7 Å². The molecule has 0 N–H and O–H groups in total. The lowest BCUT2D eigenvalue weighted by atomic mass is 10.0. The highest BCUT2D eigenvalue weighted by Crippen LogP contribution is 2.30. The number of ether oxygens (including phenoxy) is 2. The van der Waals surface area contributed by atoms with Crippen molar-refractivity contribution in [3.05, 3.63) is 59.2 Å². The Morgan fingerprint density at radius 1 is 1.26 bits per heavy atom. The number of nitrogens with zero attached hydrogens (tertiary/aromatic N) is 2. The van der Waals surface area contributed by atoms with Gasteiger partial charge in [-0.25, -0.2) is 0 Å². The SMILES string of the molecule is CCOc1ccc(/C=C(\C#N)C(=O)N2CCCc3ccccc32)cc1OC. The third kappa shape index (κ3) is 3.95. The monoisotopic (exact) mass is 362 g/mol. The summed E-state index contributed by atoms with van der Waals surface area (Å²) in [4.78, 5) is 14.7. The number of hydrogen-bond acceptors (Lipinski definition) is 4. The number of carbonyl (C=O) groups is 1. The number of fused-ring (bicyclic) bond motifs is 1. The summed E-state index contributed by atoms with van der Waals surface area (Å²) in [5.41, 5.74) is 2.83. The van der Waals surface area contributed by atoms with Crippen molar-refractivity contribution in [1.29, 1.82) is 5.26 Å². The summed E-state index contributed by atoms with van der Waals surface area (Å²) >= 11 is 0. The maximum absolute atomic E-state index is 13.0. The van der Waals surface area contributed by atoms with E-state index in [-0.39, 0.29) is 11.5 Å². The molecule has 0 aromatic heterocycles. The summed E-state index contributed by atoms with van der Waals surface area (Å²) in [6.45, 7) is 3.04. The minimum Gasteiger partial charge on any atom is -0.493 e. The maximum Gasteiger partial charge on any atom is 0.268 e. The number of nitriles is 1. The molecule has 0 saturated heterocycles. The van der Waals surface area contributed by atoms with Crippen LogP contribution < -0.4 is 14.4 Å². The van der Waals surface area contributed by atoms with Crippen LogP contribution in [-0.2, 0) is 11.2 Å². The Hall–Kier alpha value is -3.26. The molecular formula is C22H22N2O3. The number of hydrogen-bond donors (Lipinski definition) is 0. The van der Waals surface area contributed by atoms with Crippen molar-refractivity contribution in [2.24, 2.45) is 0 Å². The third-order valence-corrected chi connectivity index (χ3v) is 4.50. The summed E-state index contributed by atoms with van der Waals surface area (Å²) in [6.07, 6.45) is 3.43. The highest BCUT2D eigenvalue weighted by atomic mass is 16.5. The largest absolute Gasteiger partial charge is 0.493 e. The number of carbonyl (C=O) groups excluding carboxylic acids is 1. The van der Waals surface area contributed by atoms with Gasteiger partial charge < -0.3 is 14.4 Å². The number of methoxy groups -OCH3 is 1. The predicted octanol–water partition coefficient (Wildman–Crippen LogP) is 3.98. The summed E-state index contributed by atoms with van der Waals surface area (Å²) in [6, 6.07) is 15.3. The minimum absolute atomic E-state index is 0.0953. The molecule has 0 unspecified atom stereocenters. The van der Waals surface area contributed by atoms with Crippen LogP contribution in [0.15, 0.2) is 48.0 Å². The summed E-state index contributed by atoms with van der Waals surface area (Å²) in [5.74, 6) is 0.920. The van der Waals surface area contributed by atoms with Crippen LogP contribution in [0, 0.1) is 11.3 Å². The maximum atomic E-state index is 13.0. The van der Waals surface area contributed by atoms with Gasteiger partial charge in [0.2, 0.25) is 0 Å². The zero-order valence-corrected chi connectivity index (χ0v) is 15.6. The van der Waals surface area contributed by atoms with Crippen molar-refractivity contribution in [3.8, 4) is 17.6 Å². The van der Waals surface area contributed by atoms with Crippen LogP contribution >= 0.6 is 0 Å². The molecular weight excluding hydrogens is 340 g/mol.